The first-order valence-electron chi connectivity index (χ1n) is 9.03. The number of carbonyl (C=O) groups is 1. The maximum absolute atomic E-state index is 14.8. The fourth-order valence-corrected chi connectivity index (χ4v) is 3.54. The molecule has 8 nitrogen and oxygen atoms in total. The number of fused-ring (bicyclic) bond motifs is 1. The van der Waals surface area contributed by atoms with Crippen LogP contribution in [0.4, 0.5) is 29.1 Å². The van der Waals surface area contributed by atoms with E-state index in [4.69, 9.17) is 11.5 Å². The Hall–Kier alpha value is -3.67. The van der Waals surface area contributed by atoms with Gasteiger partial charge in [-0.05, 0) is 18.6 Å². The van der Waals surface area contributed by atoms with Gasteiger partial charge in [0.2, 0.25) is 5.43 Å². The molecule has 3 heterocycles. The molecule has 2 aromatic heterocycles. The quantitative estimate of drug-likeness (QED) is 0.324. The van der Waals surface area contributed by atoms with Crippen molar-refractivity contribution >= 4 is 28.5 Å². The van der Waals surface area contributed by atoms with Crippen molar-refractivity contribution in [1.29, 1.82) is 0 Å². The largest absolute Gasteiger partial charge is 0.477 e. The topological polar surface area (TPSA) is 127 Å². The lowest BCUT2D eigenvalue weighted by atomic mass is 10.1. The Morgan fingerprint density at radius 1 is 1.16 bits per heavy atom. The van der Waals surface area contributed by atoms with Crippen molar-refractivity contribution in [2.24, 2.45) is 5.73 Å². The van der Waals surface area contributed by atoms with Crippen molar-refractivity contribution in [3.63, 3.8) is 0 Å². The monoisotopic (exact) mass is 437 g/mol. The second-order valence-corrected chi connectivity index (χ2v) is 7.13. The predicted molar refractivity (Wildman–Crippen MR) is 103 cm³/mol. The molecule has 1 aromatic carbocycles. The van der Waals surface area contributed by atoms with Gasteiger partial charge in [-0.1, -0.05) is 0 Å². The number of aromatic carboxylic acids is 1. The van der Waals surface area contributed by atoms with Crippen LogP contribution in [0, 0.1) is 23.3 Å². The molecule has 4 rings (SSSR count). The molecule has 1 atom stereocenters. The van der Waals surface area contributed by atoms with Crippen LogP contribution in [-0.2, 0) is 0 Å². The van der Waals surface area contributed by atoms with E-state index in [0.717, 1.165) is 16.7 Å². The Morgan fingerprint density at radius 3 is 2.48 bits per heavy atom. The van der Waals surface area contributed by atoms with Crippen molar-refractivity contribution in [3.05, 3.63) is 57.4 Å². The summed E-state index contributed by atoms with van der Waals surface area (Å²) < 4.78 is 57.7. The first-order chi connectivity index (χ1) is 14.6. The summed E-state index contributed by atoms with van der Waals surface area (Å²) in [5, 5.41) is 8.85. The zero-order valence-electron chi connectivity index (χ0n) is 15.7. The molecule has 12 heteroatoms. The summed E-state index contributed by atoms with van der Waals surface area (Å²) in [5.74, 6) is -8.02. The Balaban J connectivity index is 2.10. The molecule has 31 heavy (non-hydrogen) atoms. The van der Waals surface area contributed by atoms with E-state index >= 15 is 0 Å². The van der Waals surface area contributed by atoms with Gasteiger partial charge in [-0.3, -0.25) is 9.36 Å². The molecule has 5 N–H and O–H groups in total. The number of rotatable bonds is 3. The van der Waals surface area contributed by atoms with Crippen LogP contribution in [-0.4, -0.2) is 39.8 Å². The van der Waals surface area contributed by atoms with Gasteiger partial charge in [0.15, 0.2) is 34.7 Å². The second kappa shape index (κ2) is 7.23. The molecule has 1 aliphatic rings. The standard InChI is InChI=1S/C19H15F4N5O3/c20-10-3-8-16(29)9(19(30)31)6-28(12-4-11(25)13(21)15(23)14(12)22)17(8)26-18(10)27-2-1-7(24)5-27/h3-4,6-7H,1-2,5,24-25H2,(H,30,31)/t7-/m0/s1. The van der Waals surface area contributed by atoms with Gasteiger partial charge >= 0.3 is 5.97 Å². The summed E-state index contributed by atoms with van der Waals surface area (Å²) >= 11 is 0. The summed E-state index contributed by atoms with van der Waals surface area (Å²) in [6.07, 6.45) is 1.25. The first-order valence-corrected chi connectivity index (χ1v) is 9.03. The highest BCUT2D eigenvalue weighted by Crippen LogP contribution is 2.29. The number of nitrogens with two attached hydrogens (primary N) is 2. The minimum atomic E-state index is -1.90. The number of hydrogen-bond acceptors (Lipinski definition) is 6. The number of carboxylic acids is 1. The Morgan fingerprint density at radius 2 is 1.87 bits per heavy atom. The lowest BCUT2D eigenvalue weighted by molar-refractivity contribution is 0.0695. The van der Waals surface area contributed by atoms with Gasteiger partial charge < -0.3 is 21.5 Å². The zero-order chi connectivity index (χ0) is 22.6. The second-order valence-electron chi connectivity index (χ2n) is 7.13. The van der Waals surface area contributed by atoms with E-state index in [9.17, 15) is 32.3 Å². The minimum Gasteiger partial charge on any atom is -0.477 e. The van der Waals surface area contributed by atoms with Crippen LogP contribution in [0.1, 0.15) is 16.8 Å². The van der Waals surface area contributed by atoms with E-state index in [1.807, 2.05) is 0 Å². The summed E-state index contributed by atoms with van der Waals surface area (Å²) in [6.45, 7) is 0.625. The van der Waals surface area contributed by atoms with E-state index in [1.165, 1.54) is 4.90 Å². The van der Waals surface area contributed by atoms with Crippen LogP contribution in [0.15, 0.2) is 23.1 Å². The highest BCUT2D eigenvalue weighted by atomic mass is 19.2. The van der Waals surface area contributed by atoms with Gasteiger partial charge in [-0.25, -0.2) is 27.3 Å². The van der Waals surface area contributed by atoms with Crippen LogP contribution < -0.4 is 21.8 Å². The van der Waals surface area contributed by atoms with Crippen molar-refractivity contribution in [1.82, 2.24) is 9.55 Å². The molecule has 1 aliphatic heterocycles. The third-order valence-electron chi connectivity index (χ3n) is 5.08. The summed E-state index contributed by atoms with van der Waals surface area (Å²) in [7, 11) is 0. The first kappa shape index (κ1) is 20.6. The van der Waals surface area contributed by atoms with Crippen LogP contribution in [0.3, 0.4) is 0 Å². The Kier molecular flexibility index (Phi) is 4.81. The average Bonchev–Trinajstić information content (AvgIpc) is 3.15. The molecule has 3 aromatic rings. The maximum Gasteiger partial charge on any atom is 0.341 e. The van der Waals surface area contributed by atoms with Crippen LogP contribution in [0.25, 0.3) is 16.7 Å². The molecule has 0 spiro atoms. The fourth-order valence-electron chi connectivity index (χ4n) is 3.54. The Labute approximate surface area is 171 Å². The van der Waals surface area contributed by atoms with E-state index in [2.05, 4.69) is 4.98 Å². The molecule has 0 radical (unpaired) electrons. The fraction of sp³-hybridized carbons (Fsp3) is 0.211. The highest BCUT2D eigenvalue weighted by molar-refractivity contribution is 5.92. The lowest BCUT2D eigenvalue weighted by Gasteiger charge is -2.20. The number of halogens is 4. The summed E-state index contributed by atoms with van der Waals surface area (Å²) in [6, 6.07) is 1.25. The molecule has 1 fully saturated rings. The lowest BCUT2D eigenvalue weighted by Crippen LogP contribution is -2.28. The SMILES string of the molecule is Nc1cc(-n2cc(C(=O)O)c(=O)c3cc(F)c(N4CC[C@H](N)C4)nc32)c(F)c(F)c1F. The number of carboxylic acid groups (broad SMARTS) is 1. The highest BCUT2D eigenvalue weighted by Gasteiger charge is 2.27. The summed E-state index contributed by atoms with van der Waals surface area (Å²) in [4.78, 5) is 29.7. The number of nitrogens with zero attached hydrogens (tertiary/aromatic N) is 3. The number of pyridine rings is 2. The number of aromatic nitrogens is 2. The van der Waals surface area contributed by atoms with Crippen molar-refractivity contribution in [3.8, 4) is 5.69 Å². The van der Waals surface area contributed by atoms with E-state index in [0.29, 0.717) is 19.2 Å². The molecular formula is C19H15F4N5O3. The molecular weight excluding hydrogens is 422 g/mol. The Bertz CT molecular complexity index is 1310. The van der Waals surface area contributed by atoms with E-state index < -0.39 is 57.0 Å². The third-order valence-corrected chi connectivity index (χ3v) is 5.08. The van der Waals surface area contributed by atoms with Gasteiger partial charge in [0, 0.05) is 25.3 Å². The molecule has 0 unspecified atom stereocenters. The molecule has 162 valence electrons. The molecule has 0 bridgehead atoms. The maximum atomic E-state index is 14.8. The summed E-state index contributed by atoms with van der Waals surface area (Å²) in [5.41, 5.74) is 7.47. The third kappa shape index (κ3) is 3.24. The van der Waals surface area contributed by atoms with Crippen molar-refractivity contribution in [2.75, 3.05) is 23.7 Å². The zero-order valence-corrected chi connectivity index (χ0v) is 15.7. The van der Waals surface area contributed by atoms with Crippen molar-refractivity contribution < 1.29 is 27.5 Å². The molecule has 0 aliphatic carbocycles. The molecule has 1 saturated heterocycles. The smallest absolute Gasteiger partial charge is 0.341 e. The van der Waals surface area contributed by atoms with Crippen LogP contribution in [0.2, 0.25) is 0 Å². The normalized spacial score (nSPS) is 16.3. The number of hydrogen-bond donors (Lipinski definition) is 3. The van der Waals surface area contributed by atoms with E-state index in [1.54, 1.807) is 0 Å². The number of benzene rings is 1. The van der Waals surface area contributed by atoms with Gasteiger partial charge in [-0.15, -0.1) is 0 Å². The van der Waals surface area contributed by atoms with Gasteiger partial charge in [0.05, 0.1) is 16.8 Å². The minimum absolute atomic E-state index is 0.201. The van der Waals surface area contributed by atoms with E-state index in [-0.39, 0.29) is 24.1 Å². The van der Waals surface area contributed by atoms with Crippen LogP contribution in [0.5, 0.6) is 0 Å². The average molecular weight is 437 g/mol. The predicted octanol–water partition coefficient (Wildman–Crippen LogP) is 1.76. The van der Waals surface area contributed by atoms with Gasteiger partial charge in [0.1, 0.15) is 5.56 Å². The van der Waals surface area contributed by atoms with Crippen LogP contribution >= 0.6 is 0 Å². The van der Waals surface area contributed by atoms with Gasteiger partial charge in [0.25, 0.3) is 0 Å². The molecule has 0 amide bonds. The molecule has 0 saturated carbocycles. The number of nitrogen functional groups attached to an aromatic ring is 1. The number of anilines is 2. The van der Waals surface area contributed by atoms with Gasteiger partial charge in [-0.2, -0.15) is 0 Å². The van der Waals surface area contributed by atoms with Crippen molar-refractivity contribution in [2.45, 2.75) is 12.5 Å².